The van der Waals surface area contributed by atoms with E-state index in [9.17, 15) is 8.78 Å². The normalized spacial score (nSPS) is 10.9. The van der Waals surface area contributed by atoms with Crippen LogP contribution < -0.4 is 5.32 Å². The van der Waals surface area contributed by atoms with Gasteiger partial charge in [0.05, 0.1) is 6.33 Å². The van der Waals surface area contributed by atoms with Gasteiger partial charge >= 0.3 is 0 Å². The van der Waals surface area contributed by atoms with Crippen LogP contribution in [0, 0.1) is 11.6 Å². The molecule has 0 radical (unpaired) electrons. The molecule has 0 spiro atoms. The van der Waals surface area contributed by atoms with Gasteiger partial charge in [-0.2, -0.15) is 0 Å². The summed E-state index contributed by atoms with van der Waals surface area (Å²) >= 11 is 0. The first-order chi connectivity index (χ1) is 9.72. The van der Waals surface area contributed by atoms with Gasteiger partial charge in [0.25, 0.3) is 0 Å². The van der Waals surface area contributed by atoms with Crippen molar-refractivity contribution < 1.29 is 8.78 Å². The summed E-state index contributed by atoms with van der Waals surface area (Å²) in [4.78, 5) is 15.1. The highest BCUT2D eigenvalue weighted by atomic mass is 19.1. The fourth-order valence-electron chi connectivity index (χ4n) is 1.98. The lowest BCUT2D eigenvalue weighted by Gasteiger charge is -2.06. The Hall–Kier alpha value is -2.57. The summed E-state index contributed by atoms with van der Waals surface area (Å²) in [5, 5.41) is 3.09. The van der Waals surface area contributed by atoms with Gasteiger partial charge in [-0.25, -0.2) is 23.7 Å². The van der Waals surface area contributed by atoms with Crippen molar-refractivity contribution in [2.45, 2.75) is 6.42 Å². The maximum absolute atomic E-state index is 13.1. The third kappa shape index (κ3) is 2.56. The van der Waals surface area contributed by atoms with Crippen LogP contribution in [0.5, 0.6) is 0 Å². The highest BCUT2D eigenvalue weighted by Crippen LogP contribution is 2.14. The second kappa shape index (κ2) is 5.20. The van der Waals surface area contributed by atoms with E-state index in [1.54, 1.807) is 0 Å². The molecular weight excluding hydrogens is 264 g/mol. The summed E-state index contributed by atoms with van der Waals surface area (Å²) in [6.07, 6.45) is 3.42. The molecule has 2 aromatic heterocycles. The van der Waals surface area contributed by atoms with Crippen molar-refractivity contribution in [2.75, 3.05) is 11.9 Å². The molecule has 0 aliphatic carbocycles. The average Bonchev–Trinajstić information content (AvgIpc) is 2.86. The zero-order valence-corrected chi connectivity index (χ0v) is 10.4. The minimum Gasteiger partial charge on any atom is -0.368 e. The number of hydrogen-bond acceptors (Lipinski definition) is 4. The number of H-pyrrole nitrogens is 1. The Kier molecular flexibility index (Phi) is 3.24. The average molecular weight is 275 g/mol. The van der Waals surface area contributed by atoms with Crippen LogP contribution in [0.1, 0.15) is 5.56 Å². The number of aromatic nitrogens is 4. The zero-order valence-electron chi connectivity index (χ0n) is 10.4. The minimum atomic E-state index is -0.571. The van der Waals surface area contributed by atoms with E-state index in [2.05, 4.69) is 25.3 Å². The molecule has 20 heavy (non-hydrogen) atoms. The van der Waals surface area contributed by atoms with E-state index in [4.69, 9.17) is 0 Å². The van der Waals surface area contributed by atoms with Crippen LogP contribution in [0.4, 0.5) is 14.6 Å². The number of rotatable bonds is 4. The Morgan fingerprint density at radius 1 is 1.05 bits per heavy atom. The number of nitrogens with one attached hydrogen (secondary N) is 2. The number of anilines is 1. The molecule has 0 aliphatic heterocycles. The lowest BCUT2D eigenvalue weighted by Crippen LogP contribution is -2.07. The van der Waals surface area contributed by atoms with Gasteiger partial charge in [-0.05, 0) is 24.1 Å². The van der Waals surface area contributed by atoms with E-state index in [1.807, 2.05) is 0 Å². The highest BCUT2D eigenvalue weighted by molar-refractivity contribution is 5.81. The van der Waals surface area contributed by atoms with Gasteiger partial charge in [-0.15, -0.1) is 0 Å². The number of halogens is 2. The molecule has 0 fully saturated rings. The molecule has 2 heterocycles. The molecule has 7 heteroatoms. The van der Waals surface area contributed by atoms with Gasteiger partial charge < -0.3 is 10.3 Å². The van der Waals surface area contributed by atoms with Crippen LogP contribution in [0.3, 0.4) is 0 Å². The molecule has 102 valence electrons. The van der Waals surface area contributed by atoms with Crippen LogP contribution in [-0.2, 0) is 6.42 Å². The number of fused-ring (bicyclic) bond motifs is 1. The lowest BCUT2D eigenvalue weighted by molar-refractivity contribution is 0.580. The Labute approximate surface area is 113 Å². The quantitative estimate of drug-likeness (QED) is 0.766. The molecule has 0 saturated heterocycles. The first-order valence-corrected chi connectivity index (χ1v) is 6.05. The van der Waals surface area contributed by atoms with E-state index in [-0.39, 0.29) is 0 Å². The molecule has 5 nitrogen and oxygen atoms in total. The minimum absolute atomic E-state index is 0.480. The lowest BCUT2D eigenvalue weighted by atomic mass is 10.1. The molecule has 0 saturated carbocycles. The number of imidazole rings is 1. The highest BCUT2D eigenvalue weighted by Gasteiger charge is 2.05. The molecule has 0 aliphatic rings. The summed E-state index contributed by atoms with van der Waals surface area (Å²) < 4.78 is 26.1. The van der Waals surface area contributed by atoms with Gasteiger partial charge in [-0.1, -0.05) is 0 Å². The fourth-order valence-corrected chi connectivity index (χ4v) is 1.98. The zero-order chi connectivity index (χ0) is 13.9. The maximum Gasteiger partial charge on any atom is 0.182 e. The predicted molar refractivity (Wildman–Crippen MR) is 70.2 cm³/mol. The first-order valence-electron chi connectivity index (χ1n) is 6.05. The second-order valence-corrected chi connectivity index (χ2v) is 4.28. The Bertz CT molecular complexity index is 720. The molecular formula is C13H11F2N5. The smallest absolute Gasteiger partial charge is 0.182 e. The summed E-state index contributed by atoms with van der Waals surface area (Å²) in [5.41, 5.74) is 1.86. The molecule has 0 bridgehead atoms. The van der Waals surface area contributed by atoms with Crippen molar-refractivity contribution in [1.82, 2.24) is 19.9 Å². The van der Waals surface area contributed by atoms with Gasteiger partial charge in [0.1, 0.15) is 23.5 Å². The molecule has 1 aromatic carbocycles. The van der Waals surface area contributed by atoms with Crippen molar-refractivity contribution in [3.63, 3.8) is 0 Å². The summed E-state index contributed by atoms with van der Waals surface area (Å²) in [6.45, 7) is 0.494. The van der Waals surface area contributed by atoms with Gasteiger partial charge in [-0.3, -0.25) is 0 Å². The predicted octanol–water partition coefficient (Wildman–Crippen LogP) is 2.29. The van der Waals surface area contributed by atoms with Gasteiger partial charge in [0.2, 0.25) is 0 Å². The molecule has 0 unspecified atom stereocenters. The van der Waals surface area contributed by atoms with Crippen molar-refractivity contribution >= 4 is 17.0 Å². The Balaban J connectivity index is 1.69. The molecule has 0 atom stereocenters. The van der Waals surface area contributed by atoms with Crippen molar-refractivity contribution in [1.29, 1.82) is 0 Å². The van der Waals surface area contributed by atoms with E-state index in [0.29, 0.717) is 35.5 Å². The number of nitrogens with zero attached hydrogens (tertiary/aromatic N) is 3. The summed E-state index contributed by atoms with van der Waals surface area (Å²) in [7, 11) is 0. The Morgan fingerprint density at radius 2 is 1.85 bits per heavy atom. The third-order valence-electron chi connectivity index (χ3n) is 2.85. The first kappa shape index (κ1) is 12.5. The number of aromatic amines is 1. The number of hydrogen-bond donors (Lipinski definition) is 2. The summed E-state index contributed by atoms with van der Waals surface area (Å²) in [5.74, 6) is -0.527. The third-order valence-corrected chi connectivity index (χ3v) is 2.85. The molecule has 3 aromatic rings. The van der Waals surface area contributed by atoms with Crippen LogP contribution in [0.25, 0.3) is 11.2 Å². The SMILES string of the molecule is Fc1cc(F)cc(CCNc2ncnc3nc[nH]c23)c1. The van der Waals surface area contributed by atoms with E-state index in [1.165, 1.54) is 24.8 Å². The topological polar surface area (TPSA) is 66.5 Å². The standard InChI is InChI=1S/C13H11F2N5/c14-9-3-8(4-10(15)5-9)1-2-16-12-11-13(18-6-17-11)20-7-19-12/h3-7H,1-2H2,(H2,16,17,18,19,20). The Morgan fingerprint density at radius 3 is 2.65 bits per heavy atom. The molecule has 2 N–H and O–H groups in total. The summed E-state index contributed by atoms with van der Waals surface area (Å²) in [6, 6.07) is 3.49. The molecule has 3 rings (SSSR count). The monoisotopic (exact) mass is 275 g/mol. The fraction of sp³-hybridized carbons (Fsp3) is 0.154. The van der Waals surface area contributed by atoms with E-state index in [0.717, 1.165) is 6.07 Å². The van der Waals surface area contributed by atoms with Crippen molar-refractivity contribution in [3.8, 4) is 0 Å². The number of benzene rings is 1. The van der Waals surface area contributed by atoms with Crippen molar-refractivity contribution in [3.05, 3.63) is 48.1 Å². The van der Waals surface area contributed by atoms with Crippen LogP contribution in [0.2, 0.25) is 0 Å². The largest absolute Gasteiger partial charge is 0.368 e. The van der Waals surface area contributed by atoms with Crippen LogP contribution in [-0.4, -0.2) is 26.5 Å². The van der Waals surface area contributed by atoms with Gasteiger partial charge in [0, 0.05) is 12.6 Å². The maximum atomic E-state index is 13.1. The van der Waals surface area contributed by atoms with Gasteiger partial charge in [0.15, 0.2) is 11.5 Å². The van der Waals surface area contributed by atoms with Crippen LogP contribution >= 0.6 is 0 Å². The second-order valence-electron chi connectivity index (χ2n) is 4.28. The van der Waals surface area contributed by atoms with E-state index >= 15 is 0 Å². The van der Waals surface area contributed by atoms with E-state index < -0.39 is 11.6 Å². The van der Waals surface area contributed by atoms with Crippen molar-refractivity contribution in [2.24, 2.45) is 0 Å². The molecule has 0 amide bonds. The van der Waals surface area contributed by atoms with Crippen LogP contribution in [0.15, 0.2) is 30.9 Å².